The number of hydrogen-bond donors (Lipinski definition) is 4. The third kappa shape index (κ3) is 9.39. The van der Waals surface area contributed by atoms with Crippen molar-refractivity contribution in [3.8, 4) is 0 Å². The van der Waals surface area contributed by atoms with Crippen LogP contribution in [0.4, 0.5) is 0 Å². The Hall–Kier alpha value is -0.570. The molecule has 0 aromatic carbocycles. The lowest BCUT2D eigenvalue weighted by atomic mass is 9.92. The first kappa shape index (κ1) is 25.4. The van der Waals surface area contributed by atoms with Gasteiger partial charge in [-0.2, -0.15) is 13.0 Å². The highest BCUT2D eigenvalue weighted by molar-refractivity contribution is 5.76. The minimum absolute atomic E-state index is 0.0545. The summed E-state index contributed by atoms with van der Waals surface area (Å²) < 4.78 is 10.8. The Morgan fingerprint density at radius 2 is 1.73 bits per heavy atom. The minimum Gasteiger partial charge on any atom is -0.563 e. The molecule has 8 unspecified atom stereocenters. The Morgan fingerprint density at radius 1 is 1.19 bits per heavy atom. The highest BCUT2D eigenvalue weighted by Gasteiger charge is 2.34. The molecule has 0 saturated carbocycles. The third-order valence-corrected chi connectivity index (χ3v) is 4.42. The van der Waals surface area contributed by atoms with E-state index in [1.54, 1.807) is 20.8 Å². The van der Waals surface area contributed by atoms with E-state index in [0.29, 0.717) is 6.42 Å². The van der Waals surface area contributed by atoms with E-state index in [-0.39, 0.29) is 48.6 Å². The Bertz CT molecular complexity index is 399. The molecule has 7 nitrogen and oxygen atoms in total. The number of Topliss-reactive ketones (excluding diaryl/α,β-unsaturated/α-hetero) is 1. The number of aliphatic hydroxyl groups excluding tert-OH is 4. The van der Waals surface area contributed by atoms with Crippen LogP contribution in [0.15, 0.2) is 0 Å². The van der Waals surface area contributed by atoms with Gasteiger partial charge in [-0.15, -0.1) is 0 Å². The first-order chi connectivity index (χ1) is 11.9. The zero-order chi connectivity index (χ0) is 20.6. The zero-order valence-electron chi connectivity index (χ0n) is 17.0. The second-order valence-corrected chi connectivity index (χ2v) is 7.41. The maximum Gasteiger partial charge on any atom is 0.132 e. The fraction of sp³-hybridized carbons (Fsp3) is 0.895. The van der Waals surface area contributed by atoms with Gasteiger partial charge >= 0.3 is 0 Å². The molecule has 7 heteroatoms. The topological polar surface area (TPSA) is 116 Å². The number of aliphatic hydroxyl groups is 4. The van der Waals surface area contributed by atoms with Gasteiger partial charge < -0.3 is 29.9 Å². The van der Waals surface area contributed by atoms with Crippen molar-refractivity contribution in [1.29, 1.82) is 0 Å². The summed E-state index contributed by atoms with van der Waals surface area (Å²) in [7, 11) is 0. The number of carbonyl (C=O) groups is 1. The van der Waals surface area contributed by atoms with Crippen molar-refractivity contribution in [1.82, 2.24) is 0 Å². The normalized spacial score (nSPS) is 30.3. The second-order valence-electron chi connectivity index (χ2n) is 7.41. The maximum atomic E-state index is 10.8. The van der Waals surface area contributed by atoms with Gasteiger partial charge in [-0.3, -0.25) is 4.79 Å². The molecule has 0 aliphatic carbocycles. The molecule has 26 heavy (non-hydrogen) atoms. The molecule has 1 aliphatic rings. The van der Waals surface area contributed by atoms with Gasteiger partial charge in [0.2, 0.25) is 0 Å². The molecule has 0 aromatic rings. The molecule has 1 aliphatic heterocycles. The average molecular weight is 377 g/mol. The minimum atomic E-state index is -0.765. The molecular formula is C19H37O7-. The Labute approximate surface area is 157 Å². The van der Waals surface area contributed by atoms with Gasteiger partial charge in [-0.1, -0.05) is 5.92 Å². The molecule has 1 saturated heterocycles. The lowest BCUT2D eigenvalue weighted by molar-refractivity contribution is -0.123. The molecular weight excluding hydrogens is 340 g/mol. The summed E-state index contributed by atoms with van der Waals surface area (Å²) >= 11 is 0. The smallest absolute Gasteiger partial charge is 0.132 e. The predicted octanol–water partition coefficient (Wildman–Crippen LogP) is 1.59. The van der Waals surface area contributed by atoms with Crippen LogP contribution < -0.4 is 0 Å². The van der Waals surface area contributed by atoms with Crippen molar-refractivity contribution in [2.45, 2.75) is 104 Å². The van der Waals surface area contributed by atoms with Gasteiger partial charge in [0.25, 0.3) is 0 Å². The van der Waals surface area contributed by atoms with Crippen molar-refractivity contribution < 1.29 is 34.7 Å². The number of carbonyl (C=O) groups excluding carboxylic acids is 1. The van der Waals surface area contributed by atoms with Crippen LogP contribution in [0, 0.1) is 12.0 Å². The van der Waals surface area contributed by atoms with Crippen molar-refractivity contribution >= 4 is 5.78 Å². The van der Waals surface area contributed by atoms with E-state index >= 15 is 0 Å². The molecule has 0 radical (unpaired) electrons. The summed E-state index contributed by atoms with van der Waals surface area (Å²) in [5.74, 6) is -0.272. The zero-order valence-corrected chi connectivity index (χ0v) is 17.0. The van der Waals surface area contributed by atoms with Crippen LogP contribution in [0.25, 0.3) is 0 Å². The molecule has 4 N–H and O–H groups in total. The van der Waals surface area contributed by atoms with Gasteiger partial charge in [0, 0.05) is 12.5 Å². The molecule has 156 valence electrons. The molecule has 0 bridgehead atoms. The molecule has 0 aromatic heterocycles. The quantitative estimate of drug-likeness (QED) is 0.475. The van der Waals surface area contributed by atoms with Crippen molar-refractivity contribution in [3.63, 3.8) is 0 Å². The van der Waals surface area contributed by atoms with Crippen molar-refractivity contribution in [2.24, 2.45) is 5.92 Å². The van der Waals surface area contributed by atoms with Gasteiger partial charge in [0.05, 0.1) is 36.6 Å². The third-order valence-electron chi connectivity index (χ3n) is 4.42. The Morgan fingerprint density at radius 3 is 2.04 bits per heavy atom. The first-order valence-corrected chi connectivity index (χ1v) is 9.23. The van der Waals surface area contributed by atoms with Crippen LogP contribution in [0.5, 0.6) is 0 Å². The highest BCUT2D eigenvalue weighted by atomic mass is 16.5. The average Bonchev–Trinajstić information content (AvgIpc) is 2.70. The fourth-order valence-electron chi connectivity index (χ4n) is 3.11. The van der Waals surface area contributed by atoms with E-state index in [9.17, 15) is 20.1 Å². The fourth-order valence-corrected chi connectivity index (χ4v) is 3.11. The molecule has 8 atom stereocenters. The molecule has 0 amide bonds. The monoisotopic (exact) mass is 377 g/mol. The Balaban J connectivity index is 0.000000502. The first-order valence-electron chi connectivity index (χ1n) is 9.23. The van der Waals surface area contributed by atoms with Gasteiger partial charge in [-0.05, 0) is 48.0 Å². The molecule has 1 rings (SSSR count). The van der Waals surface area contributed by atoms with Crippen LogP contribution in [0.1, 0.15) is 61.3 Å². The van der Waals surface area contributed by atoms with Crippen LogP contribution in [-0.4, -0.2) is 68.9 Å². The second kappa shape index (κ2) is 12.0. The van der Waals surface area contributed by atoms with E-state index in [1.807, 2.05) is 20.8 Å². The van der Waals surface area contributed by atoms with Crippen LogP contribution in [-0.2, 0) is 14.3 Å². The van der Waals surface area contributed by atoms with E-state index in [4.69, 9.17) is 14.6 Å². The summed E-state index contributed by atoms with van der Waals surface area (Å²) in [6.45, 7) is 12.0. The van der Waals surface area contributed by atoms with E-state index in [1.165, 1.54) is 6.92 Å². The summed E-state index contributed by atoms with van der Waals surface area (Å²) in [4.78, 5) is 10.8. The van der Waals surface area contributed by atoms with Crippen LogP contribution in [0.2, 0.25) is 0 Å². The molecule has 1 heterocycles. The lowest BCUT2D eigenvalue weighted by Crippen LogP contribution is -2.32. The lowest BCUT2D eigenvalue weighted by Gasteiger charge is -2.31. The van der Waals surface area contributed by atoms with Gasteiger partial charge in [0.15, 0.2) is 0 Å². The van der Waals surface area contributed by atoms with E-state index < -0.39 is 18.3 Å². The van der Waals surface area contributed by atoms with Gasteiger partial charge in [0.1, 0.15) is 5.78 Å². The van der Waals surface area contributed by atoms with Gasteiger partial charge in [-0.25, -0.2) is 0 Å². The Kier molecular flexibility index (Phi) is 11.7. The number of hydrogen-bond acceptors (Lipinski definition) is 7. The number of rotatable bonds is 8. The SMILES string of the molecule is CC(=O)CC(O)C(C)OC(C)CC(C)O.C[C-](O)C1C(C)OC(C)C1O. The molecule has 0 spiro atoms. The number of ketones is 1. The predicted molar refractivity (Wildman–Crippen MR) is 98.0 cm³/mol. The van der Waals surface area contributed by atoms with Crippen LogP contribution >= 0.6 is 0 Å². The highest BCUT2D eigenvalue weighted by Crippen LogP contribution is 2.32. The summed E-state index contributed by atoms with van der Waals surface area (Å²) in [6.07, 6.45) is -1.61. The largest absolute Gasteiger partial charge is 0.563 e. The van der Waals surface area contributed by atoms with E-state index in [0.717, 1.165) is 0 Å². The molecule has 1 fully saturated rings. The van der Waals surface area contributed by atoms with Crippen LogP contribution in [0.3, 0.4) is 0 Å². The summed E-state index contributed by atoms with van der Waals surface area (Å²) in [6, 6.07) is 0. The summed E-state index contributed by atoms with van der Waals surface area (Å²) in [5.41, 5.74) is 0. The van der Waals surface area contributed by atoms with E-state index in [2.05, 4.69) is 0 Å². The maximum absolute atomic E-state index is 10.8. The summed E-state index contributed by atoms with van der Waals surface area (Å²) in [5, 5.41) is 37.4. The van der Waals surface area contributed by atoms with Crippen molar-refractivity contribution in [2.75, 3.05) is 0 Å². The number of ether oxygens (including phenoxy) is 2. The standard InChI is InChI=1S/C11H22O4.C8H15O3/c1-7(12)5-9(3)15-10(4)11(14)6-8(2)13;1-4(9)7-5(2)11-6(3)8(7)10/h7,9-12,14H,5-6H2,1-4H3;5-10H,1-3H3/q;-1. The van der Waals surface area contributed by atoms with Crippen molar-refractivity contribution in [3.05, 3.63) is 6.10 Å².